The second kappa shape index (κ2) is 28.1. The highest BCUT2D eigenvalue weighted by atomic mass is 16.5. The van der Waals surface area contributed by atoms with Gasteiger partial charge in [0.15, 0.2) is 6.10 Å². The summed E-state index contributed by atoms with van der Waals surface area (Å²) in [6.07, 6.45) is 23.1. The number of aliphatic hydroxyl groups is 3. The third kappa shape index (κ3) is 24.1. The van der Waals surface area contributed by atoms with E-state index in [2.05, 4.69) is 19.2 Å². The summed E-state index contributed by atoms with van der Waals surface area (Å²) in [5.74, 6) is -0.683. The molecule has 3 atom stereocenters. The Balaban J connectivity index is 3.69. The lowest BCUT2D eigenvalue weighted by molar-refractivity contribution is -0.154. The zero-order valence-electron chi connectivity index (χ0n) is 25.2. The molecule has 39 heavy (non-hydrogen) atoms. The Morgan fingerprint density at radius 1 is 0.744 bits per heavy atom. The molecule has 0 spiro atoms. The molecule has 0 radical (unpaired) electrons. The number of allylic oxidation sites excluding steroid dienone is 1. The number of nitrogens with one attached hydrogen (secondary N) is 1. The Labute approximate surface area is 239 Å². The predicted molar refractivity (Wildman–Crippen MR) is 159 cm³/mol. The van der Waals surface area contributed by atoms with Crippen molar-refractivity contribution in [2.75, 3.05) is 13.2 Å². The number of carbonyl (C=O) groups is 2. The number of ether oxygens (including phenoxy) is 1. The van der Waals surface area contributed by atoms with Crippen molar-refractivity contribution < 1.29 is 29.6 Å². The first kappa shape index (κ1) is 37.6. The largest absolute Gasteiger partial charge is 0.464 e. The molecule has 7 nitrogen and oxygen atoms in total. The quantitative estimate of drug-likeness (QED) is 0.0496. The van der Waals surface area contributed by atoms with E-state index in [0.717, 1.165) is 77.0 Å². The van der Waals surface area contributed by atoms with Crippen LogP contribution in [0.1, 0.15) is 149 Å². The Morgan fingerprint density at radius 2 is 1.28 bits per heavy atom. The molecule has 0 aromatic carbocycles. The first-order chi connectivity index (χ1) is 19.0. The minimum Gasteiger partial charge on any atom is -0.464 e. The number of carbonyl (C=O) groups excluding carboxylic acids is 2. The van der Waals surface area contributed by atoms with E-state index in [0.29, 0.717) is 19.4 Å². The molecule has 0 aliphatic heterocycles. The van der Waals surface area contributed by atoms with Gasteiger partial charge in [-0.3, -0.25) is 4.79 Å². The van der Waals surface area contributed by atoms with Crippen molar-refractivity contribution >= 4 is 11.9 Å². The van der Waals surface area contributed by atoms with Crippen LogP contribution in [0.4, 0.5) is 0 Å². The molecule has 3 unspecified atom stereocenters. The van der Waals surface area contributed by atoms with E-state index in [1.54, 1.807) is 6.08 Å². The van der Waals surface area contributed by atoms with Gasteiger partial charge in [-0.05, 0) is 32.1 Å². The van der Waals surface area contributed by atoms with Gasteiger partial charge in [-0.2, -0.15) is 0 Å². The van der Waals surface area contributed by atoms with Crippen LogP contribution in [0.25, 0.3) is 0 Å². The molecule has 0 saturated carbocycles. The molecule has 0 rings (SSSR count). The summed E-state index contributed by atoms with van der Waals surface area (Å²) < 4.78 is 5.21. The molecule has 0 fully saturated rings. The second-order valence-corrected chi connectivity index (χ2v) is 10.9. The fraction of sp³-hybridized carbons (Fsp3) is 0.875. The van der Waals surface area contributed by atoms with E-state index in [1.165, 1.54) is 44.9 Å². The van der Waals surface area contributed by atoms with Crippen molar-refractivity contribution in [3.05, 3.63) is 12.2 Å². The molecule has 0 aromatic rings. The van der Waals surface area contributed by atoms with Crippen LogP contribution in [0.5, 0.6) is 0 Å². The summed E-state index contributed by atoms with van der Waals surface area (Å²) in [4.78, 5) is 24.1. The van der Waals surface area contributed by atoms with Crippen molar-refractivity contribution in [3.63, 3.8) is 0 Å². The molecule has 0 aliphatic rings. The van der Waals surface area contributed by atoms with Crippen molar-refractivity contribution in [2.24, 2.45) is 0 Å². The van der Waals surface area contributed by atoms with E-state index < -0.39 is 24.2 Å². The van der Waals surface area contributed by atoms with Crippen molar-refractivity contribution in [2.45, 2.75) is 167 Å². The van der Waals surface area contributed by atoms with Gasteiger partial charge in [0.05, 0.1) is 25.4 Å². The predicted octanol–water partition coefficient (Wildman–Crippen LogP) is 6.52. The van der Waals surface area contributed by atoms with E-state index in [4.69, 9.17) is 4.74 Å². The lowest BCUT2D eigenvalue weighted by atomic mass is 10.0. The van der Waals surface area contributed by atoms with Crippen LogP contribution in [-0.2, 0) is 14.3 Å². The fourth-order valence-electron chi connectivity index (χ4n) is 4.53. The molecular weight excluding hydrogens is 494 g/mol. The molecule has 1 amide bonds. The summed E-state index contributed by atoms with van der Waals surface area (Å²) in [6, 6.07) is -0.685. The number of esters is 1. The van der Waals surface area contributed by atoms with Crippen LogP contribution < -0.4 is 5.32 Å². The van der Waals surface area contributed by atoms with Gasteiger partial charge in [-0.1, -0.05) is 122 Å². The Kier molecular flexibility index (Phi) is 27.1. The summed E-state index contributed by atoms with van der Waals surface area (Å²) in [7, 11) is 0. The lowest BCUT2D eigenvalue weighted by Crippen LogP contribution is -2.45. The van der Waals surface area contributed by atoms with Crippen LogP contribution in [-0.4, -0.2) is 58.7 Å². The Morgan fingerprint density at radius 3 is 1.90 bits per heavy atom. The standard InChI is InChI=1S/C32H61NO6/c1-3-5-7-9-10-11-12-13-16-20-24-30(36)32(38)39-26-22-18-14-17-21-25-31(37)33-28(27-34)29(35)23-19-15-8-6-4-2/h19,23,28-30,34-36H,3-18,20-22,24-27H2,1-2H3,(H,33,37)/b23-19+. The molecule has 230 valence electrons. The van der Waals surface area contributed by atoms with Gasteiger partial charge in [0.25, 0.3) is 0 Å². The highest BCUT2D eigenvalue weighted by molar-refractivity contribution is 5.76. The number of hydrogen-bond donors (Lipinski definition) is 4. The Hall–Kier alpha value is -1.44. The van der Waals surface area contributed by atoms with Crippen molar-refractivity contribution in [1.82, 2.24) is 5.32 Å². The molecule has 0 saturated heterocycles. The van der Waals surface area contributed by atoms with E-state index >= 15 is 0 Å². The number of rotatable bonds is 28. The maximum atomic E-state index is 12.2. The van der Waals surface area contributed by atoms with E-state index in [9.17, 15) is 24.9 Å². The monoisotopic (exact) mass is 555 g/mol. The van der Waals surface area contributed by atoms with Crippen LogP contribution in [0.2, 0.25) is 0 Å². The smallest absolute Gasteiger partial charge is 0.334 e. The summed E-state index contributed by atoms with van der Waals surface area (Å²) >= 11 is 0. The van der Waals surface area contributed by atoms with Crippen LogP contribution in [0.3, 0.4) is 0 Å². The molecule has 7 heteroatoms. The fourth-order valence-corrected chi connectivity index (χ4v) is 4.53. The van der Waals surface area contributed by atoms with Gasteiger partial charge < -0.3 is 25.4 Å². The number of aliphatic hydroxyl groups excluding tert-OH is 3. The molecule has 0 bridgehead atoms. The zero-order valence-corrected chi connectivity index (χ0v) is 25.2. The van der Waals surface area contributed by atoms with Gasteiger partial charge in [0.2, 0.25) is 5.91 Å². The van der Waals surface area contributed by atoms with E-state index in [1.807, 2.05) is 6.08 Å². The van der Waals surface area contributed by atoms with Crippen molar-refractivity contribution in [3.8, 4) is 0 Å². The minimum atomic E-state index is -1.02. The van der Waals surface area contributed by atoms with Crippen LogP contribution in [0.15, 0.2) is 12.2 Å². The second-order valence-electron chi connectivity index (χ2n) is 10.9. The van der Waals surface area contributed by atoms with Gasteiger partial charge >= 0.3 is 5.97 Å². The van der Waals surface area contributed by atoms with Gasteiger partial charge in [0.1, 0.15) is 0 Å². The average molecular weight is 556 g/mol. The Bertz CT molecular complexity index is 597. The maximum absolute atomic E-state index is 12.2. The molecule has 4 N–H and O–H groups in total. The number of hydrogen-bond acceptors (Lipinski definition) is 6. The first-order valence-electron chi connectivity index (χ1n) is 16.1. The number of unbranched alkanes of at least 4 members (excludes halogenated alkanes) is 16. The summed E-state index contributed by atoms with van der Waals surface area (Å²) in [5.41, 5.74) is 0. The average Bonchev–Trinajstić information content (AvgIpc) is 2.93. The summed E-state index contributed by atoms with van der Waals surface area (Å²) in [5, 5.41) is 32.4. The van der Waals surface area contributed by atoms with Crippen LogP contribution in [0, 0.1) is 0 Å². The maximum Gasteiger partial charge on any atom is 0.334 e. The van der Waals surface area contributed by atoms with Gasteiger partial charge in [-0.15, -0.1) is 0 Å². The SMILES string of the molecule is CCCCC/C=C/C(O)C(CO)NC(=O)CCCCCCCOC(=O)C(O)CCCCCCCCCCCC. The zero-order chi connectivity index (χ0) is 29.0. The summed E-state index contributed by atoms with van der Waals surface area (Å²) in [6.45, 7) is 4.38. The normalized spacial score (nSPS) is 13.9. The minimum absolute atomic E-state index is 0.169. The van der Waals surface area contributed by atoms with Crippen molar-refractivity contribution in [1.29, 1.82) is 0 Å². The molecule has 0 aliphatic carbocycles. The van der Waals surface area contributed by atoms with Gasteiger partial charge in [0, 0.05) is 6.42 Å². The third-order valence-electron chi connectivity index (χ3n) is 7.16. The molecular formula is C32H61NO6. The molecule has 0 aromatic heterocycles. The highest BCUT2D eigenvalue weighted by Gasteiger charge is 2.18. The highest BCUT2D eigenvalue weighted by Crippen LogP contribution is 2.13. The van der Waals surface area contributed by atoms with E-state index in [-0.39, 0.29) is 12.5 Å². The third-order valence-corrected chi connectivity index (χ3v) is 7.16. The first-order valence-corrected chi connectivity index (χ1v) is 16.1. The lowest BCUT2D eigenvalue weighted by Gasteiger charge is -2.20. The number of amides is 1. The van der Waals surface area contributed by atoms with Gasteiger partial charge in [-0.25, -0.2) is 4.79 Å². The molecule has 0 heterocycles. The van der Waals surface area contributed by atoms with Crippen LogP contribution >= 0.6 is 0 Å². The topological polar surface area (TPSA) is 116 Å².